The number of likely N-dealkylation sites (tertiary alicyclic amines) is 1. The molecular formula is C15H21ClN2O. The Hall–Kier alpha value is -1.22. The van der Waals surface area contributed by atoms with E-state index in [1.165, 1.54) is 6.42 Å². The van der Waals surface area contributed by atoms with Gasteiger partial charge in [-0.3, -0.25) is 4.79 Å². The normalized spacial score (nSPS) is 17.1. The second-order valence-electron chi connectivity index (χ2n) is 5.22. The molecule has 3 nitrogen and oxygen atoms in total. The van der Waals surface area contributed by atoms with Gasteiger partial charge in [0, 0.05) is 23.8 Å². The number of rotatable bonds is 3. The van der Waals surface area contributed by atoms with Gasteiger partial charge in [-0.2, -0.15) is 0 Å². The lowest BCUT2D eigenvalue weighted by Crippen LogP contribution is -2.43. The van der Waals surface area contributed by atoms with Crippen molar-refractivity contribution in [1.82, 2.24) is 4.90 Å². The summed E-state index contributed by atoms with van der Waals surface area (Å²) in [7, 11) is 0. The zero-order valence-corrected chi connectivity index (χ0v) is 12.3. The number of nitrogens with one attached hydrogen (secondary N) is 1. The first-order valence-electron chi connectivity index (χ1n) is 6.89. The Morgan fingerprint density at radius 2 is 2.00 bits per heavy atom. The summed E-state index contributed by atoms with van der Waals surface area (Å²) < 4.78 is 0. The number of anilines is 1. The maximum atomic E-state index is 12.3. The van der Waals surface area contributed by atoms with E-state index in [1.807, 2.05) is 36.9 Å². The molecule has 1 aliphatic rings. The van der Waals surface area contributed by atoms with Crippen LogP contribution in [0, 0.1) is 6.92 Å². The molecule has 0 saturated carbocycles. The maximum Gasteiger partial charge on any atom is 0.244 e. The third-order valence-corrected chi connectivity index (χ3v) is 4.00. The van der Waals surface area contributed by atoms with Gasteiger partial charge in [0.1, 0.15) is 6.04 Å². The first kappa shape index (κ1) is 14.2. The van der Waals surface area contributed by atoms with Crippen molar-refractivity contribution < 1.29 is 4.79 Å². The lowest BCUT2D eigenvalue weighted by Gasteiger charge is -2.29. The molecule has 1 fully saturated rings. The van der Waals surface area contributed by atoms with Crippen LogP contribution < -0.4 is 5.32 Å². The largest absolute Gasteiger partial charge is 0.374 e. The van der Waals surface area contributed by atoms with E-state index in [-0.39, 0.29) is 11.9 Å². The summed E-state index contributed by atoms with van der Waals surface area (Å²) in [5.74, 6) is 0.177. The van der Waals surface area contributed by atoms with Crippen LogP contribution in [0.2, 0.25) is 5.02 Å². The number of hydrogen-bond acceptors (Lipinski definition) is 2. The molecule has 1 N–H and O–H groups in total. The fourth-order valence-electron chi connectivity index (χ4n) is 2.38. The van der Waals surface area contributed by atoms with Gasteiger partial charge in [-0.25, -0.2) is 0 Å². The lowest BCUT2D eigenvalue weighted by molar-refractivity contribution is -0.132. The van der Waals surface area contributed by atoms with E-state index < -0.39 is 0 Å². The third-order valence-electron chi connectivity index (χ3n) is 3.59. The molecule has 0 spiro atoms. The number of hydrogen-bond donors (Lipinski definition) is 1. The highest BCUT2D eigenvalue weighted by Gasteiger charge is 2.21. The molecule has 1 aromatic carbocycles. The van der Waals surface area contributed by atoms with Crippen LogP contribution in [0.15, 0.2) is 18.2 Å². The van der Waals surface area contributed by atoms with Gasteiger partial charge in [0.25, 0.3) is 0 Å². The van der Waals surface area contributed by atoms with Gasteiger partial charge >= 0.3 is 0 Å². The molecule has 0 radical (unpaired) electrons. The summed E-state index contributed by atoms with van der Waals surface area (Å²) in [5, 5.41) is 3.96. The molecule has 19 heavy (non-hydrogen) atoms. The average molecular weight is 281 g/mol. The summed E-state index contributed by atoms with van der Waals surface area (Å²) in [4.78, 5) is 14.2. The highest BCUT2D eigenvalue weighted by molar-refractivity contribution is 6.31. The van der Waals surface area contributed by atoms with Gasteiger partial charge < -0.3 is 10.2 Å². The summed E-state index contributed by atoms with van der Waals surface area (Å²) in [6.07, 6.45) is 3.47. The van der Waals surface area contributed by atoms with Gasteiger partial charge in [-0.1, -0.05) is 17.7 Å². The van der Waals surface area contributed by atoms with Gasteiger partial charge in [0.2, 0.25) is 5.91 Å². The van der Waals surface area contributed by atoms with Crippen molar-refractivity contribution in [3.63, 3.8) is 0 Å². The molecule has 4 heteroatoms. The van der Waals surface area contributed by atoms with E-state index in [4.69, 9.17) is 11.6 Å². The minimum absolute atomic E-state index is 0.177. The Morgan fingerprint density at radius 1 is 1.32 bits per heavy atom. The number of carbonyl (C=O) groups excluding carboxylic acids is 1. The van der Waals surface area contributed by atoms with Crippen molar-refractivity contribution in [2.24, 2.45) is 0 Å². The number of nitrogens with zero attached hydrogens (tertiary/aromatic N) is 1. The second kappa shape index (κ2) is 6.29. The second-order valence-corrected chi connectivity index (χ2v) is 5.62. The molecule has 2 rings (SSSR count). The van der Waals surface area contributed by atoms with E-state index in [2.05, 4.69) is 5.32 Å². The fourth-order valence-corrected chi connectivity index (χ4v) is 2.56. The van der Waals surface area contributed by atoms with Crippen LogP contribution in [0.1, 0.15) is 31.7 Å². The van der Waals surface area contributed by atoms with Crippen LogP contribution in [0.3, 0.4) is 0 Å². The van der Waals surface area contributed by atoms with E-state index in [9.17, 15) is 4.79 Å². The van der Waals surface area contributed by atoms with Crippen LogP contribution >= 0.6 is 11.6 Å². The molecule has 1 heterocycles. The predicted molar refractivity (Wildman–Crippen MR) is 79.7 cm³/mol. The predicted octanol–water partition coefficient (Wildman–Crippen LogP) is 3.46. The van der Waals surface area contributed by atoms with Crippen LogP contribution in [0.5, 0.6) is 0 Å². The van der Waals surface area contributed by atoms with Crippen LogP contribution in [-0.4, -0.2) is 29.9 Å². The Balaban J connectivity index is 1.97. The molecule has 0 bridgehead atoms. The number of halogens is 1. The van der Waals surface area contributed by atoms with Crippen molar-refractivity contribution in [1.29, 1.82) is 0 Å². The molecule has 1 aliphatic heterocycles. The summed E-state index contributed by atoms with van der Waals surface area (Å²) in [5.41, 5.74) is 1.94. The highest BCUT2D eigenvalue weighted by Crippen LogP contribution is 2.21. The van der Waals surface area contributed by atoms with Crippen molar-refractivity contribution in [2.75, 3.05) is 18.4 Å². The Morgan fingerprint density at radius 3 is 2.63 bits per heavy atom. The third kappa shape index (κ3) is 3.63. The number of benzene rings is 1. The quantitative estimate of drug-likeness (QED) is 0.920. The molecule has 1 saturated heterocycles. The van der Waals surface area contributed by atoms with Gasteiger partial charge in [0.05, 0.1) is 0 Å². The number of carbonyl (C=O) groups is 1. The number of piperidine rings is 1. The van der Waals surface area contributed by atoms with E-state index >= 15 is 0 Å². The Bertz CT molecular complexity index is 455. The van der Waals surface area contributed by atoms with Crippen molar-refractivity contribution in [3.8, 4) is 0 Å². The lowest BCUT2D eigenvalue weighted by atomic mass is 10.1. The summed E-state index contributed by atoms with van der Waals surface area (Å²) in [6.45, 7) is 5.65. The molecule has 1 aromatic rings. The maximum absolute atomic E-state index is 12.3. The Kier molecular flexibility index (Phi) is 4.70. The SMILES string of the molecule is Cc1ccc(NC(C)C(=O)N2CCCCC2)cc1Cl. The molecular weight excluding hydrogens is 260 g/mol. The van der Waals surface area contributed by atoms with Crippen LogP contribution in [0.25, 0.3) is 0 Å². The summed E-state index contributed by atoms with van der Waals surface area (Å²) >= 11 is 6.09. The van der Waals surface area contributed by atoms with Gasteiger partial charge in [-0.05, 0) is 50.8 Å². The van der Waals surface area contributed by atoms with Crippen LogP contribution in [-0.2, 0) is 4.79 Å². The standard InChI is InChI=1S/C15H21ClN2O/c1-11-6-7-13(10-14(11)16)17-12(2)15(19)18-8-4-3-5-9-18/h6-7,10,12,17H,3-5,8-9H2,1-2H3. The molecule has 1 amide bonds. The van der Waals surface area contributed by atoms with Crippen LogP contribution in [0.4, 0.5) is 5.69 Å². The Labute approximate surface area is 119 Å². The highest BCUT2D eigenvalue weighted by atomic mass is 35.5. The minimum atomic E-state index is -0.211. The zero-order chi connectivity index (χ0) is 13.8. The van der Waals surface area contributed by atoms with Crippen molar-refractivity contribution >= 4 is 23.2 Å². The average Bonchev–Trinajstić information content (AvgIpc) is 2.43. The number of amides is 1. The summed E-state index contributed by atoms with van der Waals surface area (Å²) in [6, 6.07) is 5.58. The zero-order valence-electron chi connectivity index (χ0n) is 11.6. The molecule has 104 valence electrons. The molecule has 0 aromatic heterocycles. The van der Waals surface area contributed by atoms with Gasteiger partial charge in [-0.15, -0.1) is 0 Å². The first-order valence-corrected chi connectivity index (χ1v) is 7.27. The number of aryl methyl sites for hydroxylation is 1. The molecule has 1 atom stereocenters. The monoisotopic (exact) mass is 280 g/mol. The smallest absolute Gasteiger partial charge is 0.244 e. The molecule has 0 aliphatic carbocycles. The minimum Gasteiger partial charge on any atom is -0.374 e. The topological polar surface area (TPSA) is 32.3 Å². The first-order chi connectivity index (χ1) is 9.08. The van der Waals surface area contributed by atoms with E-state index in [0.717, 1.165) is 42.2 Å². The fraction of sp³-hybridized carbons (Fsp3) is 0.533. The van der Waals surface area contributed by atoms with E-state index in [1.54, 1.807) is 0 Å². The molecule has 1 unspecified atom stereocenters. The van der Waals surface area contributed by atoms with Crippen molar-refractivity contribution in [2.45, 2.75) is 39.2 Å². The van der Waals surface area contributed by atoms with Gasteiger partial charge in [0.15, 0.2) is 0 Å². The van der Waals surface area contributed by atoms with E-state index in [0.29, 0.717) is 0 Å². The van der Waals surface area contributed by atoms with Crippen molar-refractivity contribution in [3.05, 3.63) is 28.8 Å².